The van der Waals surface area contributed by atoms with E-state index < -0.39 is 0 Å². The number of fused-ring (bicyclic) bond motifs is 1. The Morgan fingerprint density at radius 1 is 1.56 bits per heavy atom. The van der Waals surface area contributed by atoms with E-state index in [1.807, 2.05) is 0 Å². The minimum atomic E-state index is 0.720. The molecule has 0 N–H and O–H groups in total. The first-order valence-corrected chi connectivity index (χ1v) is 2.48. The standard InChI is InChI=1S/C5H3N4/c1-2-8-9-4-6-3-5(9)7-1/h2-4H. The van der Waals surface area contributed by atoms with E-state index in [9.17, 15) is 0 Å². The lowest BCUT2D eigenvalue weighted by molar-refractivity contribution is 0.897. The molecular weight excluding hydrogens is 116 g/mol. The number of hydrogen-bond acceptors (Lipinski definition) is 3. The van der Waals surface area contributed by atoms with Gasteiger partial charge in [0.15, 0.2) is 5.65 Å². The Morgan fingerprint density at radius 2 is 2.56 bits per heavy atom. The molecular formula is C5H3N4. The molecule has 2 heterocycles. The minimum Gasteiger partial charge on any atom is -0.241 e. The summed E-state index contributed by atoms with van der Waals surface area (Å²) in [5, 5.41) is 3.88. The van der Waals surface area contributed by atoms with Gasteiger partial charge in [0.25, 0.3) is 0 Å². The molecule has 2 aromatic heterocycles. The first-order chi connectivity index (χ1) is 4.47. The van der Waals surface area contributed by atoms with Crippen molar-refractivity contribution in [2.24, 2.45) is 0 Å². The number of imidazole rings is 1. The summed E-state index contributed by atoms with van der Waals surface area (Å²) in [6.07, 6.45) is 7.32. The van der Waals surface area contributed by atoms with Gasteiger partial charge in [-0.2, -0.15) is 5.10 Å². The molecule has 0 fully saturated rings. The monoisotopic (exact) mass is 119 g/mol. The van der Waals surface area contributed by atoms with Gasteiger partial charge in [-0.3, -0.25) is 0 Å². The second-order valence-corrected chi connectivity index (χ2v) is 1.58. The Bertz CT molecular complexity index is 283. The second-order valence-electron chi connectivity index (χ2n) is 1.58. The summed E-state index contributed by atoms with van der Waals surface area (Å²) in [6, 6.07) is 0. The van der Waals surface area contributed by atoms with Crippen LogP contribution in [0.4, 0.5) is 0 Å². The Kier molecular flexibility index (Phi) is 0.745. The predicted molar refractivity (Wildman–Crippen MR) is 29.6 cm³/mol. The highest BCUT2D eigenvalue weighted by Crippen LogP contribution is 1.89. The third-order valence-corrected chi connectivity index (χ3v) is 1.02. The summed E-state index contributed by atoms with van der Waals surface area (Å²) < 4.78 is 1.58. The SMILES string of the molecule is [c]1cnn2cncc2n1. The van der Waals surface area contributed by atoms with Crippen LogP contribution in [0.1, 0.15) is 0 Å². The molecule has 9 heavy (non-hydrogen) atoms. The van der Waals surface area contributed by atoms with Gasteiger partial charge in [-0.1, -0.05) is 0 Å². The topological polar surface area (TPSA) is 43.1 Å². The zero-order valence-electron chi connectivity index (χ0n) is 4.52. The van der Waals surface area contributed by atoms with Gasteiger partial charge in [-0.25, -0.2) is 14.5 Å². The molecule has 1 radical (unpaired) electrons. The molecule has 2 aromatic rings. The van der Waals surface area contributed by atoms with Crippen molar-refractivity contribution in [3.63, 3.8) is 0 Å². The second kappa shape index (κ2) is 1.51. The van der Waals surface area contributed by atoms with E-state index in [-0.39, 0.29) is 0 Å². The highest BCUT2D eigenvalue weighted by Gasteiger charge is 1.88. The van der Waals surface area contributed by atoms with Crippen LogP contribution < -0.4 is 0 Å². The quantitative estimate of drug-likeness (QED) is 0.487. The third-order valence-electron chi connectivity index (χ3n) is 1.02. The molecule has 0 saturated carbocycles. The van der Waals surface area contributed by atoms with Crippen LogP contribution in [0.5, 0.6) is 0 Å². The normalized spacial score (nSPS) is 10.2. The molecule has 0 atom stereocenters. The third kappa shape index (κ3) is 0.561. The molecule has 4 nitrogen and oxygen atoms in total. The molecule has 43 valence electrons. The van der Waals surface area contributed by atoms with Gasteiger partial charge in [0.2, 0.25) is 0 Å². The molecule has 4 heteroatoms. The fraction of sp³-hybridized carbons (Fsp3) is 0. The Morgan fingerprint density at radius 3 is 3.44 bits per heavy atom. The zero-order chi connectivity index (χ0) is 6.10. The van der Waals surface area contributed by atoms with Gasteiger partial charge in [0.05, 0.1) is 12.4 Å². The van der Waals surface area contributed by atoms with E-state index in [4.69, 9.17) is 0 Å². The maximum absolute atomic E-state index is 3.88. The summed E-state index contributed by atoms with van der Waals surface area (Å²) in [5.41, 5.74) is 0.720. The lowest BCUT2D eigenvalue weighted by Gasteiger charge is -1.83. The minimum absolute atomic E-state index is 0.720. The van der Waals surface area contributed by atoms with Crippen LogP contribution in [-0.2, 0) is 0 Å². The maximum Gasteiger partial charge on any atom is 0.174 e. The summed E-state index contributed by atoms with van der Waals surface area (Å²) in [4.78, 5) is 7.67. The Hall–Kier alpha value is -1.45. The van der Waals surface area contributed by atoms with E-state index in [0.29, 0.717) is 0 Å². The van der Waals surface area contributed by atoms with Gasteiger partial charge < -0.3 is 0 Å². The molecule has 0 aliphatic carbocycles. The molecule has 0 bridgehead atoms. The first kappa shape index (κ1) is 4.43. The van der Waals surface area contributed by atoms with Crippen molar-refractivity contribution in [3.05, 3.63) is 24.9 Å². The van der Waals surface area contributed by atoms with E-state index in [2.05, 4.69) is 21.3 Å². The largest absolute Gasteiger partial charge is 0.241 e. The van der Waals surface area contributed by atoms with Crippen LogP contribution in [0.15, 0.2) is 18.7 Å². The van der Waals surface area contributed by atoms with Crippen molar-refractivity contribution in [1.82, 2.24) is 19.6 Å². The summed E-state index contributed by atoms with van der Waals surface area (Å²) in [6.45, 7) is 0. The highest BCUT2D eigenvalue weighted by molar-refractivity contribution is 5.30. The van der Waals surface area contributed by atoms with Crippen molar-refractivity contribution >= 4 is 5.65 Å². The lowest BCUT2D eigenvalue weighted by Crippen LogP contribution is -1.88. The average molecular weight is 119 g/mol. The van der Waals surface area contributed by atoms with Crippen LogP contribution in [0, 0.1) is 6.20 Å². The van der Waals surface area contributed by atoms with Crippen molar-refractivity contribution in [1.29, 1.82) is 0 Å². The van der Waals surface area contributed by atoms with Crippen LogP contribution in [0.2, 0.25) is 0 Å². The number of rotatable bonds is 0. The summed E-state index contributed by atoms with van der Waals surface area (Å²) in [7, 11) is 0. The molecule has 0 aromatic carbocycles. The first-order valence-electron chi connectivity index (χ1n) is 2.48. The Labute approximate surface area is 51.2 Å². The van der Waals surface area contributed by atoms with Crippen molar-refractivity contribution in [2.75, 3.05) is 0 Å². The van der Waals surface area contributed by atoms with Crippen LogP contribution in [-0.4, -0.2) is 19.6 Å². The molecule has 0 saturated heterocycles. The van der Waals surface area contributed by atoms with E-state index >= 15 is 0 Å². The fourth-order valence-electron chi connectivity index (χ4n) is 0.634. The zero-order valence-corrected chi connectivity index (χ0v) is 4.52. The van der Waals surface area contributed by atoms with Gasteiger partial charge in [-0.05, 0) is 0 Å². The summed E-state index contributed by atoms with van der Waals surface area (Å²) >= 11 is 0. The predicted octanol–water partition coefficient (Wildman–Crippen LogP) is -0.0755. The van der Waals surface area contributed by atoms with Crippen LogP contribution in [0.3, 0.4) is 0 Å². The van der Waals surface area contributed by atoms with Crippen molar-refractivity contribution < 1.29 is 0 Å². The average Bonchev–Trinajstić information content (AvgIpc) is 2.33. The van der Waals surface area contributed by atoms with Gasteiger partial charge >= 0.3 is 0 Å². The van der Waals surface area contributed by atoms with E-state index in [1.54, 1.807) is 17.0 Å². The Balaban J connectivity index is 2.95. The van der Waals surface area contributed by atoms with Gasteiger partial charge in [-0.15, -0.1) is 0 Å². The molecule has 0 spiro atoms. The molecule has 2 rings (SSSR count). The molecule has 0 amide bonds. The van der Waals surface area contributed by atoms with Crippen LogP contribution in [0.25, 0.3) is 5.65 Å². The molecule has 0 aliphatic heterocycles. The van der Waals surface area contributed by atoms with Crippen LogP contribution >= 0.6 is 0 Å². The van der Waals surface area contributed by atoms with Crippen molar-refractivity contribution in [3.8, 4) is 0 Å². The summed E-state index contributed by atoms with van der Waals surface area (Å²) in [5.74, 6) is 0. The molecule has 0 aliphatic rings. The smallest absolute Gasteiger partial charge is 0.174 e. The fourth-order valence-corrected chi connectivity index (χ4v) is 0.634. The lowest BCUT2D eigenvalue weighted by atomic mass is 10.8. The highest BCUT2D eigenvalue weighted by atomic mass is 15.3. The van der Waals surface area contributed by atoms with Gasteiger partial charge in [0, 0.05) is 0 Å². The number of aromatic nitrogens is 4. The number of hydrogen-bond donors (Lipinski definition) is 0. The van der Waals surface area contributed by atoms with Crippen molar-refractivity contribution in [2.45, 2.75) is 0 Å². The molecule has 0 unspecified atom stereocenters. The maximum atomic E-state index is 3.88. The number of nitrogens with zero attached hydrogens (tertiary/aromatic N) is 4. The van der Waals surface area contributed by atoms with Gasteiger partial charge in [0.1, 0.15) is 12.5 Å². The van der Waals surface area contributed by atoms with E-state index in [1.165, 1.54) is 6.20 Å². The van der Waals surface area contributed by atoms with E-state index in [0.717, 1.165) is 5.65 Å².